The Labute approximate surface area is 125 Å². The van der Waals surface area contributed by atoms with Crippen LogP contribution in [0.15, 0.2) is 59.3 Å². The minimum Gasteiger partial charge on any atom is -0.240 e. The third-order valence-corrected chi connectivity index (χ3v) is 3.64. The molecule has 3 aromatic rings. The van der Waals surface area contributed by atoms with Gasteiger partial charge in [0.1, 0.15) is 5.82 Å². The Balaban J connectivity index is 2.02. The first kappa shape index (κ1) is 13.1. The summed E-state index contributed by atoms with van der Waals surface area (Å²) in [7, 11) is 0. The molecule has 2 nitrogen and oxygen atoms in total. The van der Waals surface area contributed by atoms with E-state index in [1.54, 1.807) is 10.7 Å². The molecule has 1 aromatic heterocycles. The van der Waals surface area contributed by atoms with Crippen molar-refractivity contribution in [1.29, 1.82) is 0 Å². The average Bonchev–Trinajstić information content (AvgIpc) is 2.88. The van der Waals surface area contributed by atoms with Gasteiger partial charge in [-0.2, -0.15) is 5.10 Å². The van der Waals surface area contributed by atoms with E-state index >= 15 is 0 Å². The van der Waals surface area contributed by atoms with Crippen LogP contribution in [0.1, 0.15) is 5.56 Å². The number of rotatable bonds is 2. The number of halogens is 2. The van der Waals surface area contributed by atoms with Crippen LogP contribution in [-0.2, 0) is 0 Å². The second-order valence-electron chi connectivity index (χ2n) is 4.61. The molecule has 0 spiro atoms. The predicted octanol–water partition coefficient (Wildman–Crippen LogP) is 4.75. The van der Waals surface area contributed by atoms with Gasteiger partial charge in [0, 0.05) is 16.2 Å². The minimum atomic E-state index is -0.231. The van der Waals surface area contributed by atoms with Crippen molar-refractivity contribution in [2.75, 3.05) is 0 Å². The molecule has 0 atom stereocenters. The van der Waals surface area contributed by atoms with Crippen molar-refractivity contribution in [2.24, 2.45) is 0 Å². The molecule has 20 heavy (non-hydrogen) atoms. The number of aromatic nitrogens is 2. The zero-order valence-electron chi connectivity index (χ0n) is 10.8. The summed E-state index contributed by atoms with van der Waals surface area (Å²) in [5.74, 6) is -0.231. The van der Waals surface area contributed by atoms with Crippen molar-refractivity contribution in [2.45, 2.75) is 6.92 Å². The van der Waals surface area contributed by atoms with Crippen molar-refractivity contribution in [3.8, 4) is 16.8 Å². The van der Waals surface area contributed by atoms with Crippen LogP contribution < -0.4 is 0 Å². The summed E-state index contributed by atoms with van der Waals surface area (Å²) >= 11 is 3.46. The fraction of sp³-hybridized carbons (Fsp3) is 0.0625. The lowest BCUT2D eigenvalue weighted by atomic mass is 10.1. The molecule has 4 heteroatoms. The molecule has 100 valence electrons. The third kappa shape index (κ3) is 2.51. The normalized spacial score (nSPS) is 10.8. The number of hydrogen-bond acceptors (Lipinski definition) is 1. The molecule has 0 aliphatic rings. The van der Waals surface area contributed by atoms with Crippen LogP contribution >= 0.6 is 15.9 Å². The highest BCUT2D eigenvalue weighted by Gasteiger charge is 2.06. The van der Waals surface area contributed by atoms with Gasteiger partial charge >= 0.3 is 0 Å². The largest absolute Gasteiger partial charge is 0.240 e. The smallest absolute Gasteiger partial charge is 0.123 e. The van der Waals surface area contributed by atoms with Gasteiger partial charge in [-0.3, -0.25) is 0 Å². The Morgan fingerprint density at radius 1 is 1.10 bits per heavy atom. The molecule has 0 bridgehead atoms. The Morgan fingerprint density at radius 3 is 2.70 bits per heavy atom. The van der Waals surface area contributed by atoms with E-state index in [0.29, 0.717) is 0 Å². The summed E-state index contributed by atoms with van der Waals surface area (Å²) in [5, 5.41) is 4.36. The number of benzene rings is 2. The Hall–Kier alpha value is -1.94. The van der Waals surface area contributed by atoms with Crippen LogP contribution in [0.3, 0.4) is 0 Å². The van der Waals surface area contributed by atoms with Gasteiger partial charge in [-0.25, -0.2) is 9.07 Å². The van der Waals surface area contributed by atoms with Crippen LogP contribution in [0.2, 0.25) is 0 Å². The zero-order chi connectivity index (χ0) is 14.1. The van der Waals surface area contributed by atoms with Gasteiger partial charge in [0.25, 0.3) is 0 Å². The molecule has 0 saturated carbocycles. The van der Waals surface area contributed by atoms with E-state index in [2.05, 4.69) is 21.0 Å². The van der Waals surface area contributed by atoms with Gasteiger partial charge in [-0.15, -0.1) is 0 Å². The quantitative estimate of drug-likeness (QED) is 0.663. The summed E-state index contributed by atoms with van der Waals surface area (Å²) in [6, 6.07) is 12.7. The van der Waals surface area contributed by atoms with Gasteiger partial charge in [0.2, 0.25) is 0 Å². The molecule has 2 aromatic carbocycles. The molecular weight excluding hydrogens is 319 g/mol. The Kier molecular flexibility index (Phi) is 3.40. The summed E-state index contributed by atoms with van der Waals surface area (Å²) in [4.78, 5) is 0. The molecule has 1 heterocycles. The van der Waals surface area contributed by atoms with Crippen LogP contribution in [0.25, 0.3) is 16.8 Å². The second-order valence-corrected chi connectivity index (χ2v) is 5.53. The Bertz CT molecular complexity index is 765. The molecule has 0 amide bonds. The molecule has 0 unspecified atom stereocenters. The maximum Gasteiger partial charge on any atom is 0.123 e. The van der Waals surface area contributed by atoms with Crippen molar-refractivity contribution in [3.63, 3.8) is 0 Å². The van der Waals surface area contributed by atoms with Gasteiger partial charge in [-0.1, -0.05) is 28.1 Å². The number of hydrogen-bond donors (Lipinski definition) is 0. The SMILES string of the molecule is Cc1cc(F)ccc1-n1cc(-c2cccc(Br)c2)cn1. The molecule has 0 radical (unpaired) electrons. The maximum absolute atomic E-state index is 13.1. The lowest BCUT2D eigenvalue weighted by molar-refractivity contribution is 0.625. The van der Waals surface area contributed by atoms with Crippen molar-refractivity contribution in [3.05, 3.63) is 70.7 Å². The summed E-state index contributed by atoms with van der Waals surface area (Å²) in [6.07, 6.45) is 3.76. The highest BCUT2D eigenvalue weighted by atomic mass is 79.9. The van der Waals surface area contributed by atoms with Crippen LogP contribution in [0.4, 0.5) is 4.39 Å². The van der Waals surface area contributed by atoms with E-state index in [9.17, 15) is 4.39 Å². The summed E-state index contributed by atoms with van der Waals surface area (Å²) in [5.41, 5.74) is 3.85. The predicted molar refractivity (Wildman–Crippen MR) is 81.4 cm³/mol. The van der Waals surface area contributed by atoms with Crippen molar-refractivity contribution < 1.29 is 4.39 Å². The third-order valence-electron chi connectivity index (χ3n) is 3.15. The summed E-state index contributed by atoms with van der Waals surface area (Å²) in [6.45, 7) is 1.87. The molecule has 0 aliphatic carbocycles. The van der Waals surface area contributed by atoms with Gasteiger partial charge in [0.15, 0.2) is 0 Å². The first-order valence-corrected chi connectivity index (χ1v) is 7.00. The van der Waals surface area contributed by atoms with E-state index in [4.69, 9.17) is 0 Å². The Morgan fingerprint density at radius 2 is 1.95 bits per heavy atom. The fourth-order valence-corrected chi connectivity index (χ4v) is 2.55. The van der Waals surface area contributed by atoms with E-state index in [-0.39, 0.29) is 5.82 Å². The molecule has 3 rings (SSSR count). The van der Waals surface area contributed by atoms with Crippen molar-refractivity contribution in [1.82, 2.24) is 9.78 Å². The molecule has 0 fully saturated rings. The fourth-order valence-electron chi connectivity index (χ4n) is 2.15. The molecular formula is C16H12BrFN2. The zero-order valence-corrected chi connectivity index (χ0v) is 12.4. The van der Waals surface area contributed by atoms with Crippen LogP contribution in [-0.4, -0.2) is 9.78 Å². The van der Waals surface area contributed by atoms with E-state index in [1.165, 1.54) is 12.1 Å². The number of aryl methyl sites for hydroxylation is 1. The van der Waals surface area contributed by atoms with Gasteiger partial charge < -0.3 is 0 Å². The van der Waals surface area contributed by atoms with E-state index in [0.717, 1.165) is 26.9 Å². The first-order valence-electron chi connectivity index (χ1n) is 6.20. The molecule has 0 N–H and O–H groups in total. The lowest BCUT2D eigenvalue weighted by Crippen LogP contribution is -1.97. The van der Waals surface area contributed by atoms with Crippen LogP contribution in [0.5, 0.6) is 0 Å². The average molecular weight is 331 g/mol. The number of nitrogens with zero attached hydrogens (tertiary/aromatic N) is 2. The molecule has 0 aliphatic heterocycles. The van der Waals surface area contributed by atoms with Crippen molar-refractivity contribution >= 4 is 15.9 Å². The monoisotopic (exact) mass is 330 g/mol. The molecule has 0 saturated heterocycles. The highest BCUT2D eigenvalue weighted by Crippen LogP contribution is 2.24. The lowest BCUT2D eigenvalue weighted by Gasteiger charge is -2.05. The second kappa shape index (κ2) is 5.21. The standard InChI is InChI=1S/C16H12BrFN2/c1-11-7-15(18)5-6-16(11)20-10-13(9-19-20)12-3-2-4-14(17)8-12/h2-10H,1H3. The van der Waals surface area contributed by atoms with E-state index < -0.39 is 0 Å². The highest BCUT2D eigenvalue weighted by molar-refractivity contribution is 9.10. The topological polar surface area (TPSA) is 17.8 Å². The minimum absolute atomic E-state index is 0.231. The maximum atomic E-state index is 13.1. The first-order chi connectivity index (χ1) is 9.63. The van der Waals surface area contributed by atoms with E-state index in [1.807, 2.05) is 43.6 Å². The van der Waals surface area contributed by atoms with Gasteiger partial charge in [0.05, 0.1) is 11.9 Å². The van der Waals surface area contributed by atoms with Crippen LogP contribution in [0, 0.1) is 12.7 Å². The summed E-state index contributed by atoms with van der Waals surface area (Å²) < 4.78 is 15.9. The van der Waals surface area contributed by atoms with Gasteiger partial charge in [-0.05, 0) is 48.4 Å².